The smallest absolute Gasteiger partial charge is 0.192 e. The molecule has 0 fully saturated rings. The Hall–Kier alpha value is -2.70. The van der Waals surface area contributed by atoms with Gasteiger partial charge >= 0.3 is 0 Å². The SMILES string of the molecule is COc1ccc(CSc2nnc(-c3ccc(Cl)cc3)n2Cc2ccco2)cc1. The standard InChI is InChI=1S/C21H18ClN3O2S/c1-26-18-10-4-15(5-11-18)14-28-21-24-23-20(16-6-8-17(22)9-7-16)25(21)13-19-3-2-12-27-19/h2-12H,13-14H2,1H3. The number of furan rings is 1. The molecule has 4 rings (SSSR count). The van der Waals surface area contributed by atoms with Gasteiger partial charge in [-0.3, -0.25) is 4.57 Å². The molecule has 2 aromatic heterocycles. The first kappa shape index (κ1) is 18.7. The van der Waals surface area contributed by atoms with Crippen LogP contribution in [0.1, 0.15) is 11.3 Å². The molecule has 5 nitrogen and oxygen atoms in total. The molecule has 0 N–H and O–H groups in total. The Morgan fingerprint density at radius 3 is 2.50 bits per heavy atom. The zero-order valence-electron chi connectivity index (χ0n) is 15.2. The highest BCUT2D eigenvalue weighted by atomic mass is 35.5. The summed E-state index contributed by atoms with van der Waals surface area (Å²) in [6.07, 6.45) is 1.67. The Labute approximate surface area is 172 Å². The fourth-order valence-corrected chi connectivity index (χ4v) is 3.80. The van der Waals surface area contributed by atoms with Crippen molar-refractivity contribution in [2.24, 2.45) is 0 Å². The largest absolute Gasteiger partial charge is 0.497 e. The summed E-state index contributed by atoms with van der Waals surface area (Å²) in [5.74, 6) is 3.26. The maximum absolute atomic E-state index is 6.03. The van der Waals surface area contributed by atoms with Crippen molar-refractivity contribution in [1.82, 2.24) is 14.8 Å². The van der Waals surface area contributed by atoms with Gasteiger partial charge < -0.3 is 9.15 Å². The third kappa shape index (κ3) is 4.24. The van der Waals surface area contributed by atoms with Gasteiger partial charge in [0.25, 0.3) is 0 Å². The molecule has 0 aliphatic carbocycles. The summed E-state index contributed by atoms with van der Waals surface area (Å²) in [5, 5.41) is 10.4. The minimum Gasteiger partial charge on any atom is -0.497 e. The van der Waals surface area contributed by atoms with Crippen LogP contribution in [0.5, 0.6) is 5.75 Å². The highest BCUT2D eigenvalue weighted by Crippen LogP contribution is 2.28. The van der Waals surface area contributed by atoms with Gasteiger partial charge in [0.1, 0.15) is 11.5 Å². The number of methoxy groups -OCH3 is 1. The van der Waals surface area contributed by atoms with E-state index in [4.69, 9.17) is 20.8 Å². The molecule has 2 aromatic carbocycles. The van der Waals surface area contributed by atoms with Crippen LogP contribution in [-0.4, -0.2) is 21.9 Å². The van der Waals surface area contributed by atoms with E-state index in [1.54, 1.807) is 25.1 Å². The number of hydrogen-bond acceptors (Lipinski definition) is 5. The molecule has 142 valence electrons. The van der Waals surface area contributed by atoms with Crippen LogP contribution < -0.4 is 4.74 Å². The summed E-state index contributed by atoms with van der Waals surface area (Å²) in [6, 6.07) is 19.5. The quantitative estimate of drug-likeness (QED) is 0.373. The van der Waals surface area contributed by atoms with Gasteiger partial charge in [-0.25, -0.2) is 0 Å². The molecule has 4 aromatic rings. The lowest BCUT2D eigenvalue weighted by molar-refractivity contribution is 0.414. The fraction of sp³-hybridized carbons (Fsp3) is 0.143. The summed E-state index contributed by atoms with van der Waals surface area (Å²) >= 11 is 7.66. The van der Waals surface area contributed by atoms with E-state index in [1.165, 1.54) is 5.56 Å². The van der Waals surface area contributed by atoms with Crippen molar-refractivity contribution in [2.45, 2.75) is 17.5 Å². The molecule has 0 aliphatic rings. The van der Waals surface area contributed by atoms with E-state index in [0.717, 1.165) is 33.8 Å². The van der Waals surface area contributed by atoms with Gasteiger partial charge in [-0.05, 0) is 54.1 Å². The summed E-state index contributed by atoms with van der Waals surface area (Å²) in [6.45, 7) is 0.558. The van der Waals surface area contributed by atoms with Crippen molar-refractivity contribution in [3.05, 3.63) is 83.3 Å². The first-order valence-electron chi connectivity index (χ1n) is 8.70. The molecular formula is C21H18ClN3O2S. The Kier molecular flexibility index (Phi) is 5.69. The Bertz CT molecular complexity index is 1030. The van der Waals surface area contributed by atoms with E-state index in [2.05, 4.69) is 26.9 Å². The van der Waals surface area contributed by atoms with Crippen molar-refractivity contribution < 1.29 is 9.15 Å². The molecule has 28 heavy (non-hydrogen) atoms. The topological polar surface area (TPSA) is 53.1 Å². The predicted molar refractivity (Wildman–Crippen MR) is 111 cm³/mol. The monoisotopic (exact) mass is 411 g/mol. The predicted octanol–water partition coefficient (Wildman–Crippen LogP) is 5.54. The molecule has 0 amide bonds. The number of thioether (sulfide) groups is 1. The van der Waals surface area contributed by atoms with E-state index in [-0.39, 0.29) is 0 Å². The molecule has 0 unspecified atom stereocenters. The normalized spacial score (nSPS) is 10.9. The molecule has 0 bridgehead atoms. The van der Waals surface area contributed by atoms with Crippen molar-refractivity contribution in [1.29, 1.82) is 0 Å². The third-order valence-corrected chi connectivity index (χ3v) is 5.53. The molecule has 7 heteroatoms. The Balaban J connectivity index is 1.61. The first-order chi connectivity index (χ1) is 13.7. The molecule has 0 aliphatic heterocycles. The number of halogens is 1. The zero-order chi connectivity index (χ0) is 19.3. The van der Waals surface area contributed by atoms with Crippen LogP contribution in [0.4, 0.5) is 0 Å². The average Bonchev–Trinajstić information content (AvgIpc) is 3.38. The molecule has 0 saturated carbocycles. The second-order valence-corrected chi connectivity index (χ2v) is 7.49. The zero-order valence-corrected chi connectivity index (χ0v) is 16.8. The van der Waals surface area contributed by atoms with Gasteiger partial charge in [0, 0.05) is 16.3 Å². The number of rotatable bonds is 7. The van der Waals surface area contributed by atoms with Gasteiger partial charge in [0.15, 0.2) is 11.0 Å². The minimum absolute atomic E-state index is 0.558. The lowest BCUT2D eigenvalue weighted by Gasteiger charge is -2.09. The minimum atomic E-state index is 0.558. The third-order valence-electron chi connectivity index (χ3n) is 4.24. The van der Waals surface area contributed by atoms with E-state index >= 15 is 0 Å². The van der Waals surface area contributed by atoms with Crippen LogP contribution in [0.2, 0.25) is 5.02 Å². The highest BCUT2D eigenvalue weighted by molar-refractivity contribution is 7.98. The van der Waals surface area contributed by atoms with Crippen LogP contribution in [0, 0.1) is 0 Å². The average molecular weight is 412 g/mol. The maximum Gasteiger partial charge on any atom is 0.192 e. The molecule has 0 radical (unpaired) electrons. The summed E-state index contributed by atoms with van der Waals surface area (Å²) < 4.78 is 12.8. The Morgan fingerprint density at radius 1 is 1.04 bits per heavy atom. The van der Waals surface area contributed by atoms with Crippen LogP contribution in [0.3, 0.4) is 0 Å². The van der Waals surface area contributed by atoms with E-state index in [9.17, 15) is 0 Å². The molecular weight excluding hydrogens is 394 g/mol. The summed E-state index contributed by atoms with van der Waals surface area (Å²) in [4.78, 5) is 0. The lowest BCUT2D eigenvalue weighted by Crippen LogP contribution is -2.03. The molecule has 0 saturated heterocycles. The van der Waals surface area contributed by atoms with Crippen LogP contribution in [0.15, 0.2) is 76.5 Å². The van der Waals surface area contributed by atoms with Crippen molar-refractivity contribution >= 4 is 23.4 Å². The number of benzene rings is 2. The van der Waals surface area contributed by atoms with Crippen LogP contribution in [0.25, 0.3) is 11.4 Å². The van der Waals surface area contributed by atoms with E-state index < -0.39 is 0 Å². The van der Waals surface area contributed by atoms with Gasteiger partial charge in [-0.1, -0.05) is 35.5 Å². The molecule has 0 atom stereocenters. The number of nitrogens with zero attached hydrogens (tertiary/aromatic N) is 3. The fourth-order valence-electron chi connectivity index (χ4n) is 2.78. The molecule has 2 heterocycles. The van der Waals surface area contributed by atoms with Crippen molar-refractivity contribution in [3.8, 4) is 17.1 Å². The summed E-state index contributed by atoms with van der Waals surface area (Å²) in [5.41, 5.74) is 2.14. The van der Waals surface area contributed by atoms with Gasteiger partial charge in [0.05, 0.1) is 19.9 Å². The Morgan fingerprint density at radius 2 is 1.82 bits per heavy atom. The number of hydrogen-bond donors (Lipinski definition) is 0. The highest BCUT2D eigenvalue weighted by Gasteiger charge is 2.16. The van der Waals surface area contributed by atoms with E-state index in [1.807, 2.05) is 48.5 Å². The van der Waals surface area contributed by atoms with Crippen molar-refractivity contribution in [3.63, 3.8) is 0 Å². The first-order valence-corrected chi connectivity index (χ1v) is 10.1. The summed E-state index contributed by atoms with van der Waals surface area (Å²) in [7, 11) is 1.67. The second-order valence-electron chi connectivity index (χ2n) is 6.12. The van der Waals surface area contributed by atoms with Gasteiger partial charge in [-0.2, -0.15) is 0 Å². The number of ether oxygens (including phenoxy) is 1. The lowest BCUT2D eigenvalue weighted by atomic mass is 10.2. The maximum atomic E-state index is 6.03. The van der Waals surface area contributed by atoms with Crippen LogP contribution in [-0.2, 0) is 12.3 Å². The molecule has 0 spiro atoms. The van der Waals surface area contributed by atoms with Crippen molar-refractivity contribution in [2.75, 3.05) is 7.11 Å². The second kappa shape index (κ2) is 8.54. The van der Waals surface area contributed by atoms with Gasteiger partial charge in [-0.15, -0.1) is 10.2 Å². The number of aromatic nitrogens is 3. The van der Waals surface area contributed by atoms with E-state index in [0.29, 0.717) is 11.6 Å². The van der Waals surface area contributed by atoms with Crippen LogP contribution >= 0.6 is 23.4 Å². The van der Waals surface area contributed by atoms with Gasteiger partial charge in [0.2, 0.25) is 0 Å².